The fraction of sp³-hybridized carbons (Fsp3) is 0.0769. The Morgan fingerprint density at radius 1 is 0.857 bits per heavy atom. The van der Waals surface area contributed by atoms with Gasteiger partial charge in [-0.15, -0.1) is 0 Å². The maximum atomic E-state index is 8.94. The Morgan fingerprint density at radius 3 is 1.90 bits per heavy atom. The summed E-state index contributed by atoms with van der Waals surface area (Å²) >= 11 is 36.6. The van der Waals surface area contributed by atoms with E-state index in [0.29, 0.717) is 21.7 Å². The van der Waals surface area contributed by atoms with Crippen molar-refractivity contribution in [1.29, 1.82) is 5.26 Å². The number of nitriles is 1. The lowest BCUT2D eigenvalue weighted by molar-refractivity contribution is 1.21. The van der Waals surface area contributed by atoms with Crippen molar-refractivity contribution in [2.75, 3.05) is 0 Å². The third kappa shape index (κ3) is 3.05. The molecule has 0 radical (unpaired) electrons. The highest BCUT2D eigenvalue weighted by atomic mass is 35.5. The van der Waals surface area contributed by atoms with Crippen LogP contribution in [0.5, 0.6) is 0 Å². The number of pyridine rings is 1. The van der Waals surface area contributed by atoms with Crippen LogP contribution in [0, 0.1) is 11.3 Å². The van der Waals surface area contributed by atoms with Crippen LogP contribution in [0.4, 0.5) is 0 Å². The number of rotatable bonds is 2. The van der Waals surface area contributed by atoms with Crippen LogP contribution < -0.4 is 0 Å². The van der Waals surface area contributed by atoms with Gasteiger partial charge in [0.25, 0.3) is 0 Å². The lowest BCUT2D eigenvalue weighted by atomic mass is 10.00. The van der Waals surface area contributed by atoms with Crippen LogP contribution in [0.1, 0.15) is 5.56 Å². The summed E-state index contributed by atoms with van der Waals surface area (Å²) in [4.78, 5) is 3.99. The van der Waals surface area contributed by atoms with E-state index in [4.69, 9.17) is 74.9 Å². The highest BCUT2D eigenvalue weighted by Gasteiger charge is 2.23. The normalized spacial score (nSPS) is 10.5. The maximum absolute atomic E-state index is 8.94. The largest absolute Gasteiger partial charge is 0.263 e. The molecule has 108 valence electrons. The molecule has 0 bridgehead atoms. The standard InChI is InChI=1S/C13H4Cl6N2/c14-7-4-21-3-6(5(7)1-2-20)8-9(15)11(17)13(19)12(18)10(8)16/h3-4H,1H2. The van der Waals surface area contributed by atoms with Gasteiger partial charge in [0, 0.05) is 23.5 Å². The van der Waals surface area contributed by atoms with E-state index in [1.165, 1.54) is 12.4 Å². The van der Waals surface area contributed by atoms with Crippen LogP contribution >= 0.6 is 69.6 Å². The van der Waals surface area contributed by atoms with Crippen LogP contribution in [0.25, 0.3) is 11.1 Å². The second-order valence-electron chi connectivity index (χ2n) is 3.93. The first-order valence-electron chi connectivity index (χ1n) is 5.41. The Balaban J connectivity index is 2.87. The highest BCUT2D eigenvalue weighted by molar-refractivity contribution is 6.56. The molecule has 2 rings (SSSR count). The minimum atomic E-state index is 0.0568. The van der Waals surface area contributed by atoms with Gasteiger partial charge >= 0.3 is 0 Å². The van der Waals surface area contributed by atoms with Crippen molar-refractivity contribution in [3.8, 4) is 17.2 Å². The fourth-order valence-corrected chi connectivity index (χ4v) is 3.34. The molecule has 0 unspecified atom stereocenters. The van der Waals surface area contributed by atoms with Crippen molar-refractivity contribution in [1.82, 2.24) is 4.98 Å². The van der Waals surface area contributed by atoms with Crippen molar-refractivity contribution in [2.45, 2.75) is 6.42 Å². The van der Waals surface area contributed by atoms with Gasteiger partial charge in [0.1, 0.15) is 0 Å². The SMILES string of the molecule is N#CCc1c(Cl)cncc1-c1c(Cl)c(Cl)c(Cl)c(Cl)c1Cl. The third-order valence-corrected chi connectivity index (χ3v) is 5.34. The second-order valence-corrected chi connectivity index (χ2v) is 6.22. The van der Waals surface area contributed by atoms with E-state index in [1.807, 2.05) is 6.07 Å². The minimum Gasteiger partial charge on any atom is -0.263 e. The Hall–Kier alpha value is -0.400. The molecule has 0 aliphatic heterocycles. The molecule has 2 nitrogen and oxygen atoms in total. The van der Waals surface area contributed by atoms with Gasteiger partial charge in [-0.3, -0.25) is 4.98 Å². The molecular formula is C13H4Cl6N2. The zero-order valence-corrected chi connectivity index (χ0v) is 14.6. The van der Waals surface area contributed by atoms with E-state index in [1.54, 1.807) is 0 Å². The number of hydrogen-bond acceptors (Lipinski definition) is 2. The first-order valence-corrected chi connectivity index (χ1v) is 7.68. The third-order valence-electron chi connectivity index (χ3n) is 2.74. The Labute approximate surface area is 151 Å². The highest BCUT2D eigenvalue weighted by Crippen LogP contribution is 2.49. The summed E-state index contributed by atoms with van der Waals surface area (Å²) in [6.07, 6.45) is 2.98. The first kappa shape index (κ1) is 17.0. The zero-order chi connectivity index (χ0) is 15.7. The van der Waals surface area contributed by atoms with Crippen LogP contribution in [0.2, 0.25) is 30.1 Å². The summed E-state index contributed by atoms with van der Waals surface area (Å²) in [7, 11) is 0. The van der Waals surface area contributed by atoms with E-state index >= 15 is 0 Å². The lowest BCUT2D eigenvalue weighted by Crippen LogP contribution is -1.95. The number of hydrogen-bond donors (Lipinski definition) is 0. The molecule has 8 heteroatoms. The van der Waals surface area contributed by atoms with Crippen LogP contribution in [0.15, 0.2) is 12.4 Å². The van der Waals surface area contributed by atoms with E-state index in [0.717, 1.165) is 0 Å². The summed E-state index contributed by atoms with van der Waals surface area (Å²) in [5.41, 5.74) is 1.37. The summed E-state index contributed by atoms with van der Waals surface area (Å²) in [6.45, 7) is 0. The predicted octanol–water partition coefficient (Wildman–Crippen LogP) is 6.74. The topological polar surface area (TPSA) is 36.7 Å². The second kappa shape index (κ2) is 6.79. The lowest BCUT2D eigenvalue weighted by Gasteiger charge is -2.15. The van der Waals surface area contributed by atoms with Gasteiger partial charge in [-0.2, -0.15) is 5.26 Å². The molecule has 1 heterocycles. The van der Waals surface area contributed by atoms with Crippen molar-refractivity contribution in [2.24, 2.45) is 0 Å². The summed E-state index contributed by atoms with van der Waals surface area (Å²) in [5.74, 6) is 0. The van der Waals surface area contributed by atoms with Crippen molar-refractivity contribution >= 4 is 69.6 Å². The molecule has 0 amide bonds. The fourth-order valence-electron chi connectivity index (χ4n) is 1.78. The van der Waals surface area contributed by atoms with Gasteiger partial charge in [0.15, 0.2) is 0 Å². The first-order chi connectivity index (χ1) is 9.90. The minimum absolute atomic E-state index is 0.0568. The Bertz CT molecular complexity index is 737. The van der Waals surface area contributed by atoms with Gasteiger partial charge in [-0.25, -0.2) is 0 Å². The predicted molar refractivity (Wildman–Crippen MR) is 89.0 cm³/mol. The van der Waals surface area contributed by atoms with Gasteiger partial charge in [-0.1, -0.05) is 69.6 Å². The van der Waals surface area contributed by atoms with E-state index in [2.05, 4.69) is 4.98 Å². The van der Waals surface area contributed by atoms with Gasteiger partial charge in [-0.05, 0) is 5.56 Å². The smallest absolute Gasteiger partial charge is 0.0809 e. The zero-order valence-electron chi connectivity index (χ0n) is 10.0. The Kier molecular flexibility index (Phi) is 5.48. The molecule has 0 aliphatic rings. The number of aromatic nitrogens is 1. The van der Waals surface area contributed by atoms with Crippen molar-refractivity contribution < 1.29 is 0 Å². The van der Waals surface area contributed by atoms with Crippen molar-refractivity contribution in [3.63, 3.8) is 0 Å². The maximum Gasteiger partial charge on any atom is 0.0809 e. The number of benzene rings is 1. The van der Waals surface area contributed by atoms with Gasteiger partial charge in [0.05, 0.1) is 42.6 Å². The molecule has 21 heavy (non-hydrogen) atoms. The average Bonchev–Trinajstić information content (AvgIpc) is 2.46. The van der Waals surface area contributed by atoms with Gasteiger partial charge < -0.3 is 0 Å². The van der Waals surface area contributed by atoms with E-state index < -0.39 is 0 Å². The molecule has 1 aromatic heterocycles. The summed E-state index contributed by atoms with van der Waals surface area (Å²) < 4.78 is 0. The quantitative estimate of drug-likeness (QED) is 0.413. The molecule has 0 saturated heterocycles. The van der Waals surface area contributed by atoms with Gasteiger partial charge in [0.2, 0.25) is 0 Å². The molecule has 0 saturated carbocycles. The van der Waals surface area contributed by atoms with Crippen LogP contribution in [0.3, 0.4) is 0 Å². The molecule has 0 spiro atoms. The molecule has 0 aliphatic carbocycles. The van der Waals surface area contributed by atoms with Crippen molar-refractivity contribution in [3.05, 3.63) is 48.1 Å². The van der Waals surface area contributed by atoms with Crippen LogP contribution in [-0.2, 0) is 6.42 Å². The average molecular weight is 401 g/mol. The van der Waals surface area contributed by atoms with E-state index in [-0.39, 0.29) is 31.5 Å². The summed E-state index contributed by atoms with van der Waals surface area (Å²) in [5, 5.41) is 9.72. The monoisotopic (exact) mass is 398 g/mol. The van der Waals surface area contributed by atoms with Crippen LogP contribution in [-0.4, -0.2) is 4.98 Å². The molecule has 0 atom stereocenters. The Morgan fingerprint density at radius 2 is 1.38 bits per heavy atom. The molecule has 2 aromatic rings. The molecule has 1 aromatic carbocycles. The number of nitrogens with zero attached hydrogens (tertiary/aromatic N) is 2. The molecule has 0 N–H and O–H groups in total. The molecular weight excluding hydrogens is 397 g/mol. The summed E-state index contributed by atoms with van der Waals surface area (Å²) in [6, 6.07) is 2.02. The molecule has 0 fully saturated rings. The van der Waals surface area contributed by atoms with E-state index in [9.17, 15) is 0 Å². The number of halogens is 6.